The Hall–Kier alpha value is -1.12. The van der Waals surface area contributed by atoms with E-state index in [4.69, 9.17) is 4.84 Å². The van der Waals surface area contributed by atoms with Crippen LogP contribution < -0.4 is 0 Å². The van der Waals surface area contributed by atoms with Crippen LogP contribution in [0.15, 0.2) is 17.3 Å². The smallest absolute Gasteiger partial charge is 0.319 e. The molecule has 0 aliphatic heterocycles. The molecule has 1 fully saturated rings. The van der Waals surface area contributed by atoms with E-state index in [0.29, 0.717) is 11.3 Å². The molecule has 0 aromatic carbocycles. The van der Waals surface area contributed by atoms with Crippen LogP contribution in [-0.4, -0.2) is 11.7 Å². The van der Waals surface area contributed by atoms with Crippen molar-refractivity contribution in [3.05, 3.63) is 12.2 Å². The lowest BCUT2D eigenvalue weighted by atomic mass is 9.48. The fourth-order valence-corrected chi connectivity index (χ4v) is 5.98. The number of hydrogen-bond acceptors (Lipinski definition) is 3. The normalized spacial score (nSPS) is 25.6. The van der Waals surface area contributed by atoms with Gasteiger partial charge < -0.3 is 4.84 Å². The summed E-state index contributed by atoms with van der Waals surface area (Å²) >= 11 is 0. The van der Waals surface area contributed by atoms with Gasteiger partial charge in [-0.2, -0.15) is 0 Å². The van der Waals surface area contributed by atoms with Crippen LogP contribution in [-0.2, 0) is 9.63 Å². The summed E-state index contributed by atoms with van der Waals surface area (Å²) in [7, 11) is 0. The summed E-state index contributed by atoms with van der Waals surface area (Å²) in [6, 6.07) is 0. The minimum atomic E-state index is -0.350. The molecule has 180 valence electrons. The van der Waals surface area contributed by atoms with Gasteiger partial charge in [0.25, 0.3) is 0 Å². The molecule has 0 radical (unpaired) electrons. The summed E-state index contributed by atoms with van der Waals surface area (Å²) in [6.45, 7) is 24.7. The molecule has 1 saturated carbocycles. The SMILES string of the molecule is C=C1CCC(C)(C(CCCC(C)/C(C)=N/OC(C)=O)C(CCC)C(C)CC)C(C)(C)C1. The molecule has 1 aliphatic rings. The number of nitrogens with zero attached hydrogens (tertiary/aromatic N) is 1. The maximum Gasteiger partial charge on any atom is 0.331 e. The van der Waals surface area contributed by atoms with E-state index in [-0.39, 0.29) is 11.4 Å². The Kier molecular flexibility index (Phi) is 11.0. The van der Waals surface area contributed by atoms with E-state index in [1.54, 1.807) is 0 Å². The highest BCUT2D eigenvalue weighted by molar-refractivity contribution is 5.84. The topological polar surface area (TPSA) is 38.7 Å². The first-order valence-electron chi connectivity index (χ1n) is 12.8. The second-order valence-corrected chi connectivity index (χ2v) is 11.3. The minimum Gasteiger partial charge on any atom is -0.319 e. The number of hydrogen-bond donors (Lipinski definition) is 0. The molecule has 3 nitrogen and oxygen atoms in total. The van der Waals surface area contributed by atoms with Crippen molar-refractivity contribution in [2.75, 3.05) is 0 Å². The maximum absolute atomic E-state index is 11.1. The summed E-state index contributed by atoms with van der Waals surface area (Å²) in [5.74, 6) is 2.24. The van der Waals surface area contributed by atoms with Gasteiger partial charge in [0.1, 0.15) is 0 Å². The lowest BCUT2D eigenvalue weighted by Gasteiger charge is -2.56. The van der Waals surface area contributed by atoms with Crippen molar-refractivity contribution in [3.63, 3.8) is 0 Å². The highest BCUT2D eigenvalue weighted by Gasteiger charge is 2.50. The molecule has 0 spiro atoms. The highest BCUT2D eigenvalue weighted by atomic mass is 16.7. The number of allylic oxidation sites excluding steroid dienone is 1. The summed E-state index contributed by atoms with van der Waals surface area (Å²) in [5, 5.41) is 4.02. The Morgan fingerprint density at radius 3 is 2.29 bits per heavy atom. The average molecular weight is 434 g/mol. The van der Waals surface area contributed by atoms with Crippen molar-refractivity contribution in [1.82, 2.24) is 0 Å². The first kappa shape index (κ1) is 27.9. The Balaban J connectivity index is 3.07. The standard InChI is InChI=1S/C28H51NO2/c1-11-14-25(21(4)12-2)26(28(10)18-17-20(3)19-27(28,8)9)16-13-15-22(5)23(6)29-31-24(7)30/h21-22,25-26H,3,11-19H2,1-2,4-10H3/b29-23+. The minimum absolute atomic E-state index is 0.283. The lowest BCUT2D eigenvalue weighted by molar-refractivity contribution is -0.141. The Morgan fingerprint density at radius 1 is 1.13 bits per heavy atom. The summed E-state index contributed by atoms with van der Waals surface area (Å²) in [4.78, 5) is 15.9. The molecule has 31 heavy (non-hydrogen) atoms. The van der Waals surface area contributed by atoms with Gasteiger partial charge in [0.15, 0.2) is 0 Å². The van der Waals surface area contributed by atoms with Gasteiger partial charge in [0.2, 0.25) is 0 Å². The molecule has 1 rings (SSSR count). The zero-order chi connectivity index (χ0) is 23.8. The molecule has 0 heterocycles. The molecule has 1 aliphatic carbocycles. The molecule has 0 N–H and O–H groups in total. The van der Waals surface area contributed by atoms with Crippen LogP contribution in [0.25, 0.3) is 0 Å². The van der Waals surface area contributed by atoms with Crippen LogP contribution in [0.1, 0.15) is 120 Å². The van der Waals surface area contributed by atoms with Gasteiger partial charge in [0.05, 0.1) is 5.71 Å². The van der Waals surface area contributed by atoms with Crippen molar-refractivity contribution < 1.29 is 9.63 Å². The van der Waals surface area contributed by atoms with Gasteiger partial charge >= 0.3 is 5.97 Å². The van der Waals surface area contributed by atoms with Crippen LogP contribution >= 0.6 is 0 Å². The first-order valence-corrected chi connectivity index (χ1v) is 12.8. The number of carbonyl (C=O) groups is 1. The van der Waals surface area contributed by atoms with E-state index in [9.17, 15) is 4.79 Å². The molecule has 5 unspecified atom stereocenters. The van der Waals surface area contributed by atoms with Gasteiger partial charge in [-0.25, -0.2) is 4.79 Å². The molecule has 0 saturated heterocycles. The zero-order valence-electron chi connectivity index (χ0n) is 22.1. The van der Waals surface area contributed by atoms with Gasteiger partial charge in [0, 0.05) is 6.92 Å². The van der Waals surface area contributed by atoms with Crippen LogP contribution in [0.4, 0.5) is 0 Å². The maximum atomic E-state index is 11.1. The number of carbonyl (C=O) groups excluding carboxylic acids is 1. The second kappa shape index (κ2) is 12.2. The molecular formula is C28H51NO2. The van der Waals surface area contributed by atoms with Crippen molar-refractivity contribution in [2.24, 2.45) is 39.7 Å². The van der Waals surface area contributed by atoms with Crippen LogP contribution in [0.3, 0.4) is 0 Å². The van der Waals surface area contributed by atoms with Gasteiger partial charge in [-0.1, -0.05) is 91.5 Å². The fraction of sp³-hybridized carbons (Fsp3) is 0.857. The van der Waals surface area contributed by atoms with E-state index < -0.39 is 0 Å². The molecule has 0 bridgehead atoms. The van der Waals surface area contributed by atoms with Gasteiger partial charge in [-0.05, 0) is 73.5 Å². The third-order valence-corrected chi connectivity index (χ3v) is 8.75. The zero-order valence-corrected chi connectivity index (χ0v) is 22.1. The number of rotatable bonds is 12. The van der Waals surface area contributed by atoms with E-state index >= 15 is 0 Å². The molecule has 0 aromatic heterocycles. The monoisotopic (exact) mass is 433 g/mol. The summed E-state index contributed by atoms with van der Waals surface area (Å²) in [5.41, 5.74) is 2.97. The van der Waals surface area contributed by atoms with E-state index in [2.05, 4.69) is 60.2 Å². The summed E-state index contributed by atoms with van der Waals surface area (Å²) in [6.07, 6.45) is 11.0. The molecule has 3 heteroatoms. The van der Waals surface area contributed by atoms with Crippen LogP contribution in [0.2, 0.25) is 0 Å². The van der Waals surface area contributed by atoms with Crippen LogP contribution in [0.5, 0.6) is 0 Å². The fourth-order valence-electron chi connectivity index (χ4n) is 5.98. The average Bonchev–Trinajstić information content (AvgIpc) is 2.69. The lowest BCUT2D eigenvalue weighted by Crippen LogP contribution is -2.48. The third-order valence-electron chi connectivity index (χ3n) is 8.75. The van der Waals surface area contributed by atoms with E-state index in [0.717, 1.165) is 36.3 Å². The van der Waals surface area contributed by atoms with E-state index in [1.807, 2.05) is 6.92 Å². The van der Waals surface area contributed by atoms with Gasteiger partial charge in [-0.3, -0.25) is 0 Å². The Labute approximate surface area is 193 Å². The highest BCUT2D eigenvalue weighted by Crippen LogP contribution is 2.59. The third kappa shape index (κ3) is 7.46. The van der Waals surface area contributed by atoms with Gasteiger partial charge in [-0.15, -0.1) is 0 Å². The Bertz CT molecular complexity index is 621. The second-order valence-electron chi connectivity index (χ2n) is 11.3. The first-order chi connectivity index (χ1) is 14.4. The van der Waals surface area contributed by atoms with Crippen molar-refractivity contribution in [3.8, 4) is 0 Å². The van der Waals surface area contributed by atoms with Crippen LogP contribution in [0, 0.1) is 34.5 Å². The predicted molar refractivity (Wildman–Crippen MR) is 134 cm³/mol. The Morgan fingerprint density at radius 2 is 1.77 bits per heavy atom. The number of oxime groups is 1. The molecule has 0 amide bonds. The van der Waals surface area contributed by atoms with Crippen molar-refractivity contribution in [1.29, 1.82) is 0 Å². The molecular weight excluding hydrogens is 382 g/mol. The summed E-state index contributed by atoms with van der Waals surface area (Å²) < 4.78 is 0. The molecule has 0 aromatic rings. The molecule has 5 atom stereocenters. The van der Waals surface area contributed by atoms with E-state index in [1.165, 1.54) is 57.4 Å². The van der Waals surface area contributed by atoms with Crippen molar-refractivity contribution >= 4 is 11.7 Å². The largest absolute Gasteiger partial charge is 0.331 e. The van der Waals surface area contributed by atoms with Crippen molar-refractivity contribution in [2.45, 2.75) is 120 Å². The predicted octanol–water partition coefficient (Wildman–Crippen LogP) is 8.58. The quantitative estimate of drug-likeness (QED) is 0.134.